The zero-order valence-corrected chi connectivity index (χ0v) is 11.0. The molecule has 0 aliphatic heterocycles. The van der Waals surface area contributed by atoms with Crippen LogP contribution in [0.1, 0.15) is 51.9 Å². The summed E-state index contributed by atoms with van der Waals surface area (Å²) in [4.78, 5) is 33.9. The molecule has 0 amide bonds. The van der Waals surface area contributed by atoms with Crippen LogP contribution in [0.4, 0.5) is 0 Å². The van der Waals surface area contributed by atoms with Crippen molar-refractivity contribution in [2.45, 2.75) is 51.9 Å². The molecule has 4 heteroatoms. The lowest BCUT2D eigenvalue weighted by atomic mass is 9.82. The Balaban J connectivity index is 2.54. The van der Waals surface area contributed by atoms with E-state index in [1.54, 1.807) is 6.92 Å². The first-order valence-electron chi connectivity index (χ1n) is 6.81. The maximum Gasteiger partial charge on any atom is 0.305 e. The summed E-state index contributed by atoms with van der Waals surface area (Å²) in [7, 11) is 0. The van der Waals surface area contributed by atoms with Gasteiger partial charge in [0.1, 0.15) is 12.1 Å². The monoisotopic (exact) mass is 254 g/mol. The quantitative estimate of drug-likeness (QED) is 0.414. The number of hydrogen-bond donors (Lipinski definition) is 0. The van der Waals surface area contributed by atoms with Crippen molar-refractivity contribution in [1.29, 1.82) is 0 Å². The van der Waals surface area contributed by atoms with Gasteiger partial charge in [-0.05, 0) is 32.1 Å². The van der Waals surface area contributed by atoms with Crippen molar-refractivity contribution in [2.24, 2.45) is 11.8 Å². The molecule has 0 aromatic carbocycles. The van der Waals surface area contributed by atoms with E-state index in [9.17, 15) is 14.4 Å². The number of carbonyl (C=O) groups excluding carboxylic acids is 3. The van der Waals surface area contributed by atoms with Gasteiger partial charge in [0.05, 0.1) is 6.61 Å². The molecule has 18 heavy (non-hydrogen) atoms. The average molecular weight is 254 g/mol. The number of Topliss-reactive ketones (excluding diaryl/α,β-unsaturated/α-hetero) is 1. The van der Waals surface area contributed by atoms with Crippen LogP contribution in [-0.2, 0) is 19.1 Å². The van der Waals surface area contributed by atoms with Gasteiger partial charge in [0.25, 0.3) is 0 Å². The Bertz CT molecular complexity index is 298. The maximum atomic E-state index is 11.9. The molecule has 0 heterocycles. The Morgan fingerprint density at radius 3 is 2.89 bits per heavy atom. The van der Waals surface area contributed by atoms with Crippen molar-refractivity contribution in [3.63, 3.8) is 0 Å². The number of ketones is 1. The second kappa shape index (κ2) is 8.01. The molecule has 0 N–H and O–H groups in total. The summed E-state index contributed by atoms with van der Waals surface area (Å²) >= 11 is 0. The fourth-order valence-corrected chi connectivity index (χ4v) is 2.66. The van der Waals surface area contributed by atoms with Crippen LogP contribution in [0.15, 0.2) is 0 Å². The van der Waals surface area contributed by atoms with Gasteiger partial charge in [-0.1, -0.05) is 6.42 Å². The number of carbonyl (C=O) groups is 3. The summed E-state index contributed by atoms with van der Waals surface area (Å²) < 4.78 is 4.89. The standard InChI is InChI=1S/C14H22O4/c1-2-18-14(17)8-7-11-5-3-4-6-13(16)12(11)9-10-15/h10-12H,2-9H2,1H3. The zero-order chi connectivity index (χ0) is 13.4. The van der Waals surface area contributed by atoms with Gasteiger partial charge in [-0.2, -0.15) is 0 Å². The van der Waals surface area contributed by atoms with E-state index in [-0.39, 0.29) is 23.6 Å². The summed E-state index contributed by atoms with van der Waals surface area (Å²) in [6.07, 6.45) is 5.55. The van der Waals surface area contributed by atoms with Crippen molar-refractivity contribution >= 4 is 18.0 Å². The predicted molar refractivity (Wildman–Crippen MR) is 67.0 cm³/mol. The van der Waals surface area contributed by atoms with E-state index in [1.807, 2.05) is 0 Å². The van der Waals surface area contributed by atoms with Crippen molar-refractivity contribution in [3.8, 4) is 0 Å². The van der Waals surface area contributed by atoms with Crippen molar-refractivity contribution in [2.75, 3.05) is 6.61 Å². The third-order valence-corrected chi connectivity index (χ3v) is 3.61. The predicted octanol–water partition coefficient (Wildman–Crippen LogP) is 2.29. The zero-order valence-electron chi connectivity index (χ0n) is 11.0. The third kappa shape index (κ3) is 4.59. The van der Waals surface area contributed by atoms with E-state index in [1.165, 1.54) is 0 Å². The molecule has 0 saturated heterocycles. The minimum absolute atomic E-state index is 0.162. The van der Waals surface area contributed by atoms with Crippen LogP contribution in [0, 0.1) is 11.8 Å². The molecular weight excluding hydrogens is 232 g/mol. The highest BCUT2D eigenvalue weighted by Gasteiger charge is 2.29. The van der Waals surface area contributed by atoms with Crippen LogP contribution in [0.3, 0.4) is 0 Å². The number of rotatable bonds is 6. The Labute approximate surface area is 108 Å². The lowest BCUT2D eigenvalue weighted by molar-refractivity contribution is -0.143. The fraction of sp³-hybridized carbons (Fsp3) is 0.786. The van der Waals surface area contributed by atoms with Gasteiger partial charge in [0, 0.05) is 25.2 Å². The molecule has 0 aromatic heterocycles. The minimum atomic E-state index is -0.209. The van der Waals surface area contributed by atoms with Gasteiger partial charge in [-0.3, -0.25) is 9.59 Å². The average Bonchev–Trinajstić information content (AvgIpc) is 2.51. The molecule has 1 fully saturated rings. The van der Waals surface area contributed by atoms with E-state index in [4.69, 9.17) is 4.74 Å². The normalized spacial score (nSPS) is 24.4. The Morgan fingerprint density at radius 2 is 2.22 bits per heavy atom. The van der Waals surface area contributed by atoms with Crippen molar-refractivity contribution in [3.05, 3.63) is 0 Å². The van der Waals surface area contributed by atoms with E-state index in [0.717, 1.165) is 25.5 Å². The maximum absolute atomic E-state index is 11.9. The first kappa shape index (κ1) is 14.9. The highest BCUT2D eigenvalue weighted by Crippen LogP contribution is 2.31. The molecule has 0 radical (unpaired) electrons. The first-order chi connectivity index (χ1) is 8.69. The molecule has 102 valence electrons. The summed E-state index contributed by atoms with van der Waals surface area (Å²) in [5, 5.41) is 0. The van der Waals surface area contributed by atoms with Crippen LogP contribution in [-0.4, -0.2) is 24.6 Å². The number of esters is 1. The molecule has 0 spiro atoms. The number of aldehydes is 1. The Kier molecular flexibility index (Phi) is 6.61. The van der Waals surface area contributed by atoms with Gasteiger partial charge in [0.15, 0.2) is 0 Å². The number of hydrogen-bond acceptors (Lipinski definition) is 4. The Hall–Kier alpha value is -1.19. The second-order valence-electron chi connectivity index (χ2n) is 4.82. The van der Waals surface area contributed by atoms with Crippen molar-refractivity contribution in [1.82, 2.24) is 0 Å². The van der Waals surface area contributed by atoms with Crippen LogP contribution in [0.2, 0.25) is 0 Å². The topological polar surface area (TPSA) is 60.4 Å². The molecular formula is C14H22O4. The van der Waals surface area contributed by atoms with Gasteiger partial charge in [-0.25, -0.2) is 0 Å². The molecule has 1 aliphatic rings. The van der Waals surface area contributed by atoms with E-state index in [0.29, 0.717) is 32.3 Å². The lowest BCUT2D eigenvalue weighted by Crippen LogP contribution is -2.23. The highest BCUT2D eigenvalue weighted by atomic mass is 16.5. The minimum Gasteiger partial charge on any atom is -0.466 e. The Morgan fingerprint density at radius 1 is 1.44 bits per heavy atom. The van der Waals surface area contributed by atoms with E-state index >= 15 is 0 Å². The van der Waals surface area contributed by atoms with Gasteiger partial charge in [-0.15, -0.1) is 0 Å². The van der Waals surface area contributed by atoms with Gasteiger partial charge >= 0.3 is 5.97 Å². The molecule has 2 unspecified atom stereocenters. The fourth-order valence-electron chi connectivity index (χ4n) is 2.66. The van der Waals surface area contributed by atoms with Gasteiger partial charge < -0.3 is 9.53 Å². The lowest BCUT2D eigenvalue weighted by Gasteiger charge is -2.21. The summed E-state index contributed by atoms with van der Waals surface area (Å²) in [6.45, 7) is 2.17. The SMILES string of the molecule is CCOC(=O)CCC1CCCCC(=O)C1CC=O. The number of ether oxygens (including phenoxy) is 1. The third-order valence-electron chi connectivity index (χ3n) is 3.61. The second-order valence-corrected chi connectivity index (χ2v) is 4.82. The van der Waals surface area contributed by atoms with Gasteiger partial charge in [0.2, 0.25) is 0 Å². The first-order valence-corrected chi connectivity index (χ1v) is 6.81. The molecule has 1 saturated carbocycles. The highest BCUT2D eigenvalue weighted by molar-refractivity contribution is 5.83. The van der Waals surface area contributed by atoms with E-state index in [2.05, 4.69) is 0 Å². The van der Waals surface area contributed by atoms with E-state index < -0.39 is 0 Å². The molecule has 0 bridgehead atoms. The molecule has 2 atom stereocenters. The summed E-state index contributed by atoms with van der Waals surface area (Å²) in [5.41, 5.74) is 0. The summed E-state index contributed by atoms with van der Waals surface area (Å²) in [5.74, 6) is -0.0402. The van der Waals surface area contributed by atoms with Crippen LogP contribution in [0.5, 0.6) is 0 Å². The van der Waals surface area contributed by atoms with Crippen LogP contribution >= 0.6 is 0 Å². The van der Waals surface area contributed by atoms with Crippen LogP contribution in [0.25, 0.3) is 0 Å². The molecule has 1 rings (SSSR count). The van der Waals surface area contributed by atoms with Crippen molar-refractivity contribution < 1.29 is 19.1 Å². The summed E-state index contributed by atoms with van der Waals surface area (Å²) in [6, 6.07) is 0. The largest absolute Gasteiger partial charge is 0.466 e. The van der Waals surface area contributed by atoms with Crippen LogP contribution < -0.4 is 0 Å². The molecule has 4 nitrogen and oxygen atoms in total. The molecule has 0 aromatic rings. The molecule has 1 aliphatic carbocycles. The smallest absolute Gasteiger partial charge is 0.305 e.